The Bertz CT molecular complexity index is 3150. The van der Waals surface area contributed by atoms with Gasteiger partial charge in [-0.05, 0) is 237 Å². The van der Waals surface area contributed by atoms with Gasteiger partial charge in [-0.2, -0.15) is 0 Å². The highest BCUT2D eigenvalue weighted by atomic mass is 16.5. The molecule has 6 nitrogen and oxygen atoms in total. The van der Waals surface area contributed by atoms with Crippen LogP contribution in [-0.2, 0) is 0 Å². The number of aryl methyl sites for hydroxylation is 3. The van der Waals surface area contributed by atoms with Crippen LogP contribution >= 0.6 is 0 Å². The molecule has 0 fully saturated rings. The summed E-state index contributed by atoms with van der Waals surface area (Å²) in [7, 11) is 0. The van der Waals surface area contributed by atoms with E-state index in [1.807, 2.05) is 0 Å². The third-order valence-electron chi connectivity index (χ3n) is 14.8. The Morgan fingerprint density at radius 3 is 0.617 bits per heavy atom. The second-order valence-electron chi connectivity index (χ2n) is 21.0. The van der Waals surface area contributed by atoms with Crippen molar-refractivity contribution in [2.24, 2.45) is 0 Å². The lowest BCUT2D eigenvalue weighted by atomic mass is 9.93. The summed E-state index contributed by atoms with van der Waals surface area (Å²) in [6.45, 7) is 15.1. The van der Waals surface area contributed by atoms with Crippen LogP contribution < -0.4 is 28.9 Å². The third kappa shape index (κ3) is 13.9. The van der Waals surface area contributed by atoms with Crippen molar-refractivity contribution in [2.75, 3.05) is 34.5 Å². The second kappa shape index (κ2) is 26.8. The van der Waals surface area contributed by atoms with Crippen LogP contribution in [0.5, 0.6) is 17.2 Å². The number of anilines is 9. The lowest BCUT2D eigenvalue weighted by Gasteiger charge is -2.26. The molecular weight excluding hydrogens is 991 g/mol. The predicted molar refractivity (Wildman–Crippen MR) is 342 cm³/mol. The molecule has 0 spiro atoms. The molecule has 0 atom stereocenters. The maximum absolute atomic E-state index is 6.07. The molecule has 0 aliphatic rings. The summed E-state index contributed by atoms with van der Waals surface area (Å²) in [4.78, 5) is 6.94. The number of benzene rings is 10. The highest BCUT2D eigenvalue weighted by Crippen LogP contribution is 2.42. The molecule has 408 valence electrons. The summed E-state index contributed by atoms with van der Waals surface area (Å²) in [6.07, 6.45) is 6.39. The van der Waals surface area contributed by atoms with E-state index in [4.69, 9.17) is 14.2 Å². The molecule has 10 aromatic carbocycles. The molecule has 0 aliphatic carbocycles. The molecule has 10 aromatic rings. The van der Waals surface area contributed by atoms with E-state index in [9.17, 15) is 0 Å². The average Bonchev–Trinajstić information content (AvgIpc) is 3.62. The fourth-order valence-corrected chi connectivity index (χ4v) is 10.0. The van der Waals surface area contributed by atoms with E-state index in [1.54, 1.807) is 0 Å². The summed E-state index contributed by atoms with van der Waals surface area (Å²) in [6, 6.07) is 85.6. The monoisotopic (exact) mass is 1070 g/mol. The molecule has 81 heavy (non-hydrogen) atoms. The van der Waals surface area contributed by atoms with Gasteiger partial charge in [0.25, 0.3) is 0 Å². The maximum atomic E-state index is 6.07. The first-order chi connectivity index (χ1) is 39.7. The Kier molecular flexibility index (Phi) is 18.3. The summed E-state index contributed by atoms with van der Waals surface area (Å²) < 4.78 is 18.2. The molecule has 0 bridgehead atoms. The predicted octanol–water partition coefficient (Wildman–Crippen LogP) is 21.6. The number of unbranched alkanes of at least 4 members (excludes halogenated alkanes) is 3. The van der Waals surface area contributed by atoms with Crippen LogP contribution in [-0.4, -0.2) is 19.8 Å². The zero-order valence-electron chi connectivity index (χ0n) is 47.9. The summed E-state index contributed by atoms with van der Waals surface area (Å²) >= 11 is 0. The lowest BCUT2D eigenvalue weighted by molar-refractivity contribution is 0.309. The first-order valence-electron chi connectivity index (χ1n) is 29.0. The van der Waals surface area contributed by atoms with Crippen LogP contribution in [0, 0.1) is 20.8 Å². The minimum Gasteiger partial charge on any atom is -0.494 e. The van der Waals surface area contributed by atoms with E-state index in [1.165, 1.54) is 16.7 Å². The zero-order chi connectivity index (χ0) is 55.9. The summed E-state index contributed by atoms with van der Waals surface area (Å²) in [5.74, 6) is 2.65. The van der Waals surface area contributed by atoms with Crippen molar-refractivity contribution in [1.82, 2.24) is 0 Å². The first kappa shape index (κ1) is 55.3. The number of hydrogen-bond acceptors (Lipinski definition) is 6. The second-order valence-corrected chi connectivity index (χ2v) is 21.0. The maximum Gasteiger partial charge on any atom is 0.119 e. The molecular formula is C75H75N3O3. The van der Waals surface area contributed by atoms with Gasteiger partial charge in [0.2, 0.25) is 0 Å². The zero-order valence-corrected chi connectivity index (χ0v) is 47.9. The van der Waals surface area contributed by atoms with Crippen molar-refractivity contribution in [2.45, 2.75) is 80.1 Å². The van der Waals surface area contributed by atoms with E-state index in [0.717, 1.165) is 140 Å². The largest absolute Gasteiger partial charge is 0.494 e. The Morgan fingerprint density at radius 1 is 0.235 bits per heavy atom. The molecule has 0 radical (unpaired) electrons. The quantitative estimate of drug-likeness (QED) is 0.0562. The van der Waals surface area contributed by atoms with Gasteiger partial charge < -0.3 is 28.9 Å². The molecule has 0 unspecified atom stereocenters. The van der Waals surface area contributed by atoms with E-state index < -0.39 is 0 Å². The minimum absolute atomic E-state index is 0.716. The highest BCUT2D eigenvalue weighted by molar-refractivity contribution is 5.86. The van der Waals surface area contributed by atoms with Crippen LogP contribution in [0.2, 0.25) is 0 Å². The molecule has 0 saturated heterocycles. The molecule has 0 N–H and O–H groups in total. The minimum atomic E-state index is 0.716. The molecule has 0 aliphatic heterocycles. The Morgan fingerprint density at radius 2 is 0.420 bits per heavy atom. The van der Waals surface area contributed by atoms with Crippen LogP contribution in [0.4, 0.5) is 51.2 Å². The van der Waals surface area contributed by atoms with Gasteiger partial charge in [-0.15, -0.1) is 0 Å². The fourth-order valence-electron chi connectivity index (χ4n) is 10.0. The summed E-state index contributed by atoms with van der Waals surface area (Å²) in [5, 5.41) is 0. The van der Waals surface area contributed by atoms with Crippen molar-refractivity contribution in [3.63, 3.8) is 0 Å². The van der Waals surface area contributed by atoms with Gasteiger partial charge in [-0.1, -0.05) is 130 Å². The molecule has 10 rings (SSSR count). The Labute approximate surface area is 481 Å². The topological polar surface area (TPSA) is 37.4 Å². The Balaban J connectivity index is 1.03. The van der Waals surface area contributed by atoms with Gasteiger partial charge in [-0.3, -0.25) is 0 Å². The SMILES string of the molecule is CCCCOc1ccc(N(c2ccc(C)cc2)c2ccc(-c3cc(-c4ccc(N(c5ccc(C)cc5)c5ccc(OCCCC)cc5)cc4)cc(-c4ccc(N(c5ccc(C)cc5)c5ccc(OCCCC)cc5)cc4)c3)cc2)cc1. The average molecular weight is 1070 g/mol. The van der Waals surface area contributed by atoms with Crippen molar-refractivity contribution < 1.29 is 14.2 Å². The normalized spacial score (nSPS) is 11.0. The Hall–Kier alpha value is -9.00. The number of nitrogens with zero attached hydrogens (tertiary/aromatic N) is 3. The molecule has 0 heterocycles. The van der Waals surface area contributed by atoms with Crippen molar-refractivity contribution in [1.29, 1.82) is 0 Å². The van der Waals surface area contributed by atoms with Gasteiger partial charge >= 0.3 is 0 Å². The van der Waals surface area contributed by atoms with Crippen molar-refractivity contribution in [3.05, 3.63) is 253 Å². The molecule has 0 amide bonds. The number of ether oxygens (including phenoxy) is 3. The van der Waals surface area contributed by atoms with Crippen LogP contribution in [0.15, 0.2) is 237 Å². The molecule has 0 aromatic heterocycles. The summed E-state index contributed by atoms with van der Waals surface area (Å²) in [5.41, 5.74) is 20.1. The van der Waals surface area contributed by atoms with Gasteiger partial charge in [-0.25, -0.2) is 0 Å². The number of hydrogen-bond donors (Lipinski definition) is 0. The van der Waals surface area contributed by atoms with Gasteiger partial charge in [0, 0.05) is 51.2 Å². The van der Waals surface area contributed by atoms with Crippen LogP contribution in [0.1, 0.15) is 76.0 Å². The van der Waals surface area contributed by atoms with Crippen LogP contribution in [0.3, 0.4) is 0 Å². The van der Waals surface area contributed by atoms with Gasteiger partial charge in [0.1, 0.15) is 17.2 Å². The van der Waals surface area contributed by atoms with E-state index in [2.05, 4.69) is 293 Å². The van der Waals surface area contributed by atoms with Crippen molar-refractivity contribution in [3.8, 4) is 50.6 Å². The molecule has 0 saturated carbocycles. The van der Waals surface area contributed by atoms with E-state index >= 15 is 0 Å². The third-order valence-corrected chi connectivity index (χ3v) is 14.8. The van der Waals surface area contributed by atoms with Crippen LogP contribution in [0.25, 0.3) is 33.4 Å². The van der Waals surface area contributed by atoms with Gasteiger partial charge in [0.15, 0.2) is 0 Å². The number of rotatable bonds is 24. The van der Waals surface area contributed by atoms with Crippen molar-refractivity contribution >= 4 is 51.2 Å². The molecule has 6 heteroatoms. The van der Waals surface area contributed by atoms with E-state index in [0.29, 0.717) is 19.8 Å². The highest BCUT2D eigenvalue weighted by Gasteiger charge is 2.18. The first-order valence-corrected chi connectivity index (χ1v) is 29.0. The fraction of sp³-hybridized carbons (Fsp3) is 0.200. The smallest absolute Gasteiger partial charge is 0.119 e. The standard InChI is InChI=1S/C75H75N3O3/c1-7-10-49-79-73-43-37-70(38-44-73)76(64-25-13-55(4)14-26-64)67-31-19-58(20-32-67)61-52-62(59-21-33-68(34-22-59)77(65-27-15-56(5)16-28-65)71-39-45-74(46-40-71)80-50-11-8-2)54-63(53-61)60-23-35-69(36-24-60)78(66-29-17-57(6)18-30-66)72-41-47-75(48-42-72)81-51-12-9-3/h13-48,52-54H,7-12,49-51H2,1-6H3. The van der Waals surface area contributed by atoms with Gasteiger partial charge in [0.05, 0.1) is 19.8 Å². The van der Waals surface area contributed by atoms with E-state index in [-0.39, 0.29) is 0 Å². The lowest BCUT2D eigenvalue weighted by Crippen LogP contribution is -2.10.